The van der Waals surface area contributed by atoms with Crippen LogP contribution in [0.5, 0.6) is 11.5 Å². The van der Waals surface area contributed by atoms with E-state index in [1.54, 1.807) is 36.4 Å². The van der Waals surface area contributed by atoms with Gasteiger partial charge in [-0.25, -0.2) is 13.2 Å². The Morgan fingerprint density at radius 2 is 1.66 bits per heavy atom. The molecule has 0 aliphatic rings. The molecule has 8 heteroatoms. The molecular formula is C21H19NO6S. The molecule has 0 radical (unpaired) electrons. The predicted octanol–water partition coefficient (Wildman–Crippen LogP) is 3.73. The van der Waals surface area contributed by atoms with Crippen LogP contribution in [0, 0.1) is 0 Å². The summed E-state index contributed by atoms with van der Waals surface area (Å²) in [6.07, 6.45) is 4.24. The summed E-state index contributed by atoms with van der Waals surface area (Å²) < 4.78 is 42.0. The standard InChI is InChI=1S/C21H19NO6S/c1-22(29(24,25)20-12-9-17(26-2)10-13-20)16-5-7-19(8-6-16)28-21(23)14-11-18-4-3-15-27-18/h3-15H,1-2H3. The molecule has 0 spiro atoms. The zero-order chi connectivity index (χ0) is 20.9. The first kappa shape index (κ1) is 20.2. The summed E-state index contributed by atoms with van der Waals surface area (Å²) in [7, 11) is -0.776. The van der Waals surface area contributed by atoms with Crippen molar-refractivity contribution in [1.29, 1.82) is 0 Å². The molecule has 3 aromatic rings. The maximum atomic E-state index is 12.8. The molecule has 0 unspecified atom stereocenters. The molecule has 0 saturated heterocycles. The first-order valence-electron chi connectivity index (χ1n) is 8.56. The first-order chi connectivity index (χ1) is 13.9. The first-order valence-corrected chi connectivity index (χ1v) is 10.0. The van der Waals surface area contributed by atoms with Crippen molar-refractivity contribution in [3.63, 3.8) is 0 Å². The molecule has 0 aliphatic carbocycles. The number of ether oxygens (including phenoxy) is 2. The van der Waals surface area contributed by atoms with Gasteiger partial charge in [-0.05, 0) is 66.7 Å². The van der Waals surface area contributed by atoms with E-state index in [0.29, 0.717) is 17.2 Å². The second kappa shape index (κ2) is 8.66. The van der Waals surface area contributed by atoms with Crippen molar-refractivity contribution in [3.8, 4) is 11.5 Å². The molecule has 0 bridgehead atoms. The smallest absolute Gasteiger partial charge is 0.336 e. The molecule has 0 atom stereocenters. The topological polar surface area (TPSA) is 86.0 Å². The average molecular weight is 413 g/mol. The van der Waals surface area contributed by atoms with Crippen molar-refractivity contribution in [2.45, 2.75) is 4.90 Å². The maximum absolute atomic E-state index is 12.8. The maximum Gasteiger partial charge on any atom is 0.336 e. The Kier molecular flexibility index (Phi) is 6.04. The third-order valence-corrected chi connectivity index (χ3v) is 5.86. The predicted molar refractivity (Wildman–Crippen MR) is 108 cm³/mol. The van der Waals surface area contributed by atoms with Crippen LogP contribution in [-0.4, -0.2) is 28.5 Å². The lowest BCUT2D eigenvalue weighted by atomic mass is 10.3. The van der Waals surface area contributed by atoms with E-state index in [1.807, 2.05) is 0 Å². The van der Waals surface area contributed by atoms with E-state index in [-0.39, 0.29) is 10.6 Å². The highest BCUT2D eigenvalue weighted by atomic mass is 32.2. The van der Waals surface area contributed by atoms with Crippen LogP contribution in [0.4, 0.5) is 5.69 Å². The van der Waals surface area contributed by atoms with Gasteiger partial charge in [0.2, 0.25) is 0 Å². The van der Waals surface area contributed by atoms with Gasteiger partial charge in [0.25, 0.3) is 10.0 Å². The van der Waals surface area contributed by atoms with Gasteiger partial charge in [0, 0.05) is 13.1 Å². The van der Waals surface area contributed by atoms with Crippen molar-refractivity contribution in [2.24, 2.45) is 0 Å². The minimum atomic E-state index is -3.74. The average Bonchev–Trinajstić information content (AvgIpc) is 3.26. The Hall–Kier alpha value is -3.52. The van der Waals surface area contributed by atoms with Gasteiger partial charge in [-0.15, -0.1) is 0 Å². The minimum absolute atomic E-state index is 0.138. The number of furan rings is 1. The number of carbonyl (C=O) groups is 1. The number of nitrogens with zero attached hydrogens (tertiary/aromatic N) is 1. The zero-order valence-electron chi connectivity index (χ0n) is 15.8. The summed E-state index contributed by atoms with van der Waals surface area (Å²) in [6.45, 7) is 0. The van der Waals surface area contributed by atoms with Gasteiger partial charge < -0.3 is 13.9 Å². The molecule has 0 aliphatic heterocycles. The fourth-order valence-electron chi connectivity index (χ4n) is 2.46. The molecule has 1 aromatic heterocycles. The van der Waals surface area contributed by atoms with Gasteiger partial charge >= 0.3 is 5.97 Å². The largest absolute Gasteiger partial charge is 0.497 e. The van der Waals surface area contributed by atoms with Gasteiger partial charge in [0.1, 0.15) is 17.3 Å². The van der Waals surface area contributed by atoms with Gasteiger partial charge in [0.05, 0.1) is 24.0 Å². The van der Waals surface area contributed by atoms with Crippen LogP contribution in [0.1, 0.15) is 5.76 Å². The van der Waals surface area contributed by atoms with E-state index < -0.39 is 16.0 Å². The van der Waals surface area contributed by atoms with Crippen LogP contribution in [0.15, 0.2) is 82.3 Å². The summed E-state index contributed by atoms with van der Waals surface area (Å²) in [4.78, 5) is 12.0. The number of carbonyl (C=O) groups excluding carboxylic acids is 1. The highest BCUT2D eigenvalue weighted by Crippen LogP contribution is 2.25. The Morgan fingerprint density at radius 1 is 1.00 bits per heavy atom. The van der Waals surface area contributed by atoms with Crippen LogP contribution in [-0.2, 0) is 14.8 Å². The Morgan fingerprint density at radius 3 is 2.24 bits per heavy atom. The molecule has 0 saturated carbocycles. The number of hydrogen-bond donors (Lipinski definition) is 0. The summed E-state index contributed by atoms with van der Waals surface area (Å²) in [5.74, 6) is 0.813. The lowest BCUT2D eigenvalue weighted by Gasteiger charge is -2.20. The van der Waals surface area contributed by atoms with Crippen LogP contribution >= 0.6 is 0 Å². The molecule has 150 valence electrons. The minimum Gasteiger partial charge on any atom is -0.497 e. The number of rotatable bonds is 7. The molecule has 1 heterocycles. The van der Waals surface area contributed by atoms with E-state index in [9.17, 15) is 13.2 Å². The summed E-state index contributed by atoms with van der Waals surface area (Å²) in [6, 6.07) is 15.7. The van der Waals surface area contributed by atoms with Crippen molar-refractivity contribution in [2.75, 3.05) is 18.5 Å². The number of anilines is 1. The van der Waals surface area contributed by atoms with Crippen molar-refractivity contribution in [3.05, 3.63) is 78.8 Å². The van der Waals surface area contributed by atoms with E-state index in [1.165, 1.54) is 56.8 Å². The van der Waals surface area contributed by atoms with Gasteiger partial charge in [-0.3, -0.25) is 4.31 Å². The second-order valence-electron chi connectivity index (χ2n) is 5.91. The molecule has 0 fully saturated rings. The Labute approximate surface area is 168 Å². The normalized spacial score (nSPS) is 11.4. The quantitative estimate of drug-likeness (QED) is 0.333. The zero-order valence-corrected chi connectivity index (χ0v) is 16.6. The van der Waals surface area contributed by atoms with E-state index in [4.69, 9.17) is 13.9 Å². The van der Waals surface area contributed by atoms with E-state index in [2.05, 4.69) is 0 Å². The lowest BCUT2D eigenvalue weighted by molar-refractivity contribution is -0.128. The van der Waals surface area contributed by atoms with Gasteiger partial charge in [-0.1, -0.05) is 0 Å². The van der Waals surface area contributed by atoms with Gasteiger partial charge in [-0.2, -0.15) is 0 Å². The summed E-state index contributed by atoms with van der Waals surface area (Å²) in [5.41, 5.74) is 0.423. The third-order valence-electron chi connectivity index (χ3n) is 4.06. The number of methoxy groups -OCH3 is 1. The van der Waals surface area contributed by atoms with Crippen molar-refractivity contribution < 1.29 is 27.1 Å². The lowest BCUT2D eigenvalue weighted by Crippen LogP contribution is -2.26. The van der Waals surface area contributed by atoms with E-state index in [0.717, 1.165) is 4.31 Å². The molecule has 3 rings (SSSR count). The van der Waals surface area contributed by atoms with Crippen molar-refractivity contribution >= 4 is 27.8 Å². The SMILES string of the molecule is COc1ccc(S(=O)(=O)N(C)c2ccc(OC(=O)C=Cc3ccco3)cc2)cc1. The van der Waals surface area contributed by atoms with Crippen LogP contribution in [0.2, 0.25) is 0 Å². The highest BCUT2D eigenvalue weighted by Gasteiger charge is 2.21. The second-order valence-corrected chi connectivity index (χ2v) is 7.88. The van der Waals surface area contributed by atoms with Crippen molar-refractivity contribution in [1.82, 2.24) is 0 Å². The highest BCUT2D eigenvalue weighted by molar-refractivity contribution is 7.92. The number of sulfonamides is 1. The molecular weight excluding hydrogens is 394 g/mol. The Bertz CT molecular complexity index is 1090. The van der Waals surface area contributed by atoms with Crippen LogP contribution in [0.25, 0.3) is 6.08 Å². The molecule has 2 aromatic carbocycles. The molecule has 0 N–H and O–H groups in total. The van der Waals surface area contributed by atoms with Gasteiger partial charge in [0.15, 0.2) is 0 Å². The Balaban J connectivity index is 1.69. The van der Waals surface area contributed by atoms with E-state index >= 15 is 0 Å². The van der Waals surface area contributed by atoms with Crippen LogP contribution in [0.3, 0.4) is 0 Å². The molecule has 0 amide bonds. The molecule has 29 heavy (non-hydrogen) atoms. The fourth-order valence-corrected chi connectivity index (χ4v) is 3.65. The summed E-state index contributed by atoms with van der Waals surface area (Å²) >= 11 is 0. The third kappa shape index (κ3) is 4.85. The van der Waals surface area contributed by atoms with Crippen LogP contribution < -0.4 is 13.8 Å². The fraction of sp³-hybridized carbons (Fsp3) is 0.0952. The number of benzene rings is 2. The monoisotopic (exact) mass is 413 g/mol. The number of hydrogen-bond acceptors (Lipinski definition) is 6. The number of esters is 1. The molecule has 7 nitrogen and oxygen atoms in total. The summed E-state index contributed by atoms with van der Waals surface area (Å²) in [5, 5.41) is 0.